The van der Waals surface area contributed by atoms with Crippen molar-refractivity contribution in [2.24, 2.45) is 18.4 Å². The minimum Gasteiger partial charge on any atom is -0.317 e. The number of hydrogen-bond acceptors (Lipinski definition) is 2. The SMILES string of the molecule is CCNCC(Cc1cc(C)nn1C)C(C)(C)C. The zero-order chi connectivity index (χ0) is 13.1. The number of hydrogen-bond donors (Lipinski definition) is 1. The molecular weight excluding hydrogens is 210 g/mol. The molecule has 0 aliphatic heterocycles. The summed E-state index contributed by atoms with van der Waals surface area (Å²) >= 11 is 0. The molecule has 0 saturated carbocycles. The van der Waals surface area contributed by atoms with Crippen LogP contribution in [0.2, 0.25) is 0 Å². The van der Waals surface area contributed by atoms with E-state index in [0.29, 0.717) is 11.3 Å². The van der Waals surface area contributed by atoms with Crippen LogP contribution in [0.3, 0.4) is 0 Å². The van der Waals surface area contributed by atoms with Crippen molar-refractivity contribution in [2.45, 2.75) is 41.0 Å². The highest BCUT2D eigenvalue weighted by Gasteiger charge is 2.25. The summed E-state index contributed by atoms with van der Waals surface area (Å²) in [6.45, 7) is 13.3. The molecule has 1 N–H and O–H groups in total. The van der Waals surface area contributed by atoms with Gasteiger partial charge in [0.25, 0.3) is 0 Å². The molecular formula is C14H27N3. The quantitative estimate of drug-likeness (QED) is 0.853. The summed E-state index contributed by atoms with van der Waals surface area (Å²) in [4.78, 5) is 0. The second-order valence-electron chi connectivity index (χ2n) is 5.98. The molecule has 0 aliphatic carbocycles. The van der Waals surface area contributed by atoms with Crippen molar-refractivity contribution >= 4 is 0 Å². The van der Waals surface area contributed by atoms with E-state index in [4.69, 9.17) is 0 Å². The maximum absolute atomic E-state index is 4.42. The van der Waals surface area contributed by atoms with Crippen molar-refractivity contribution in [3.05, 3.63) is 17.5 Å². The molecule has 98 valence electrons. The third kappa shape index (κ3) is 4.15. The third-order valence-corrected chi connectivity index (χ3v) is 3.42. The van der Waals surface area contributed by atoms with Crippen LogP contribution in [-0.2, 0) is 13.5 Å². The van der Waals surface area contributed by atoms with Crippen molar-refractivity contribution in [1.82, 2.24) is 15.1 Å². The van der Waals surface area contributed by atoms with Crippen LogP contribution in [0.25, 0.3) is 0 Å². The average molecular weight is 237 g/mol. The van der Waals surface area contributed by atoms with Gasteiger partial charge in [-0.25, -0.2) is 0 Å². The molecule has 1 atom stereocenters. The van der Waals surface area contributed by atoms with Crippen LogP contribution in [0.4, 0.5) is 0 Å². The third-order valence-electron chi connectivity index (χ3n) is 3.42. The molecule has 1 aromatic rings. The average Bonchev–Trinajstić information content (AvgIpc) is 2.50. The van der Waals surface area contributed by atoms with Gasteiger partial charge in [-0.1, -0.05) is 27.7 Å². The molecule has 3 heteroatoms. The summed E-state index contributed by atoms with van der Waals surface area (Å²) in [6.07, 6.45) is 1.09. The second kappa shape index (κ2) is 5.67. The van der Waals surface area contributed by atoms with Crippen molar-refractivity contribution in [2.75, 3.05) is 13.1 Å². The molecule has 0 aromatic carbocycles. The summed E-state index contributed by atoms with van der Waals surface area (Å²) in [7, 11) is 2.04. The fraction of sp³-hybridized carbons (Fsp3) is 0.786. The minimum atomic E-state index is 0.320. The lowest BCUT2D eigenvalue weighted by atomic mass is 9.78. The van der Waals surface area contributed by atoms with Crippen molar-refractivity contribution in [3.63, 3.8) is 0 Å². The molecule has 0 radical (unpaired) electrons. The number of nitrogens with one attached hydrogen (secondary N) is 1. The molecule has 0 aliphatic rings. The van der Waals surface area contributed by atoms with Gasteiger partial charge in [-0.3, -0.25) is 4.68 Å². The van der Waals surface area contributed by atoms with Crippen LogP contribution in [0.5, 0.6) is 0 Å². The van der Waals surface area contributed by atoms with Gasteiger partial charge in [0.2, 0.25) is 0 Å². The van der Waals surface area contributed by atoms with Gasteiger partial charge in [-0.2, -0.15) is 5.10 Å². The first-order chi connectivity index (χ1) is 7.84. The maximum atomic E-state index is 4.42. The lowest BCUT2D eigenvalue weighted by molar-refractivity contribution is 0.228. The van der Waals surface area contributed by atoms with E-state index in [1.807, 2.05) is 11.7 Å². The molecule has 3 nitrogen and oxygen atoms in total. The molecule has 0 amide bonds. The van der Waals surface area contributed by atoms with Crippen LogP contribution in [-0.4, -0.2) is 22.9 Å². The number of nitrogens with zero attached hydrogens (tertiary/aromatic N) is 2. The van der Waals surface area contributed by atoms with Gasteiger partial charge >= 0.3 is 0 Å². The Morgan fingerprint density at radius 1 is 1.41 bits per heavy atom. The Balaban J connectivity index is 2.75. The molecule has 0 fully saturated rings. The van der Waals surface area contributed by atoms with Crippen LogP contribution in [0.15, 0.2) is 6.07 Å². The zero-order valence-electron chi connectivity index (χ0n) is 12.2. The Bertz CT molecular complexity index is 347. The normalized spacial score (nSPS) is 14.0. The van der Waals surface area contributed by atoms with E-state index in [1.165, 1.54) is 5.69 Å². The first-order valence-corrected chi connectivity index (χ1v) is 6.54. The topological polar surface area (TPSA) is 29.9 Å². The molecule has 1 aromatic heterocycles. The lowest BCUT2D eigenvalue weighted by Crippen LogP contribution is -2.33. The van der Waals surface area contributed by atoms with E-state index in [-0.39, 0.29) is 0 Å². The van der Waals surface area contributed by atoms with Gasteiger partial charge in [-0.05, 0) is 43.8 Å². The zero-order valence-corrected chi connectivity index (χ0v) is 12.2. The highest BCUT2D eigenvalue weighted by molar-refractivity contribution is 5.10. The highest BCUT2D eigenvalue weighted by Crippen LogP contribution is 2.28. The van der Waals surface area contributed by atoms with E-state index < -0.39 is 0 Å². The molecule has 0 saturated heterocycles. The molecule has 0 bridgehead atoms. The van der Waals surface area contributed by atoms with Crippen molar-refractivity contribution in [1.29, 1.82) is 0 Å². The Morgan fingerprint density at radius 2 is 2.06 bits per heavy atom. The monoisotopic (exact) mass is 237 g/mol. The Hall–Kier alpha value is -0.830. The number of aromatic nitrogens is 2. The fourth-order valence-electron chi connectivity index (χ4n) is 2.11. The van der Waals surface area contributed by atoms with E-state index in [1.54, 1.807) is 0 Å². The van der Waals surface area contributed by atoms with Gasteiger partial charge in [0.05, 0.1) is 5.69 Å². The largest absolute Gasteiger partial charge is 0.317 e. The van der Waals surface area contributed by atoms with Crippen LogP contribution in [0.1, 0.15) is 39.1 Å². The lowest BCUT2D eigenvalue weighted by Gasteiger charge is -2.31. The predicted molar refractivity (Wildman–Crippen MR) is 73.1 cm³/mol. The number of rotatable bonds is 5. The smallest absolute Gasteiger partial charge is 0.0596 e. The molecule has 1 unspecified atom stereocenters. The molecule has 17 heavy (non-hydrogen) atoms. The predicted octanol–water partition coefficient (Wildman–Crippen LogP) is 2.54. The van der Waals surface area contributed by atoms with Gasteiger partial charge in [0.1, 0.15) is 0 Å². The summed E-state index contributed by atoms with van der Waals surface area (Å²) in [6, 6.07) is 2.20. The molecule has 1 heterocycles. The molecule has 0 spiro atoms. The highest BCUT2D eigenvalue weighted by atomic mass is 15.3. The van der Waals surface area contributed by atoms with Crippen LogP contribution >= 0.6 is 0 Å². The maximum Gasteiger partial charge on any atom is 0.0596 e. The Labute approximate surface area is 106 Å². The fourth-order valence-corrected chi connectivity index (χ4v) is 2.11. The first-order valence-electron chi connectivity index (χ1n) is 6.54. The van der Waals surface area contributed by atoms with E-state index in [9.17, 15) is 0 Å². The van der Waals surface area contributed by atoms with Crippen molar-refractivity contribution in [3.8, 4) is 0 Å². The van der Waals surface area contributed by atoms with E-state index in [2.05, 4.69) is 51.1 Å². The summed E-state index contributed by atoms with van der Waals surface area (Å²) in [5.41, 5.74) is 2.76. The summed E-state index contributed by atoms with van der Waals surface area (Å²) in [5.74, 6) is 0.636. The van der Waals surface area contributed by atoms with Crippen molar-refractivity contribution < 1.29 is 0 Å². The molecule has 1 rings (SSSR count). The van der Waals surface area contributed by atoms with Crippen LogP contribution in [0, 0.1) is 18.3 Å². The standard InChI is InChI=1S/C14H27N3/c1-7-15-10-12(14(3,4)5)9-13-8-11(2)16-17(13)6/h8,12,15H,7,9-10H2,1-6H3. The van der Waals surface area contributed by atoms with Gasteiger partial charge in [0.15, 0.2) is 0 Å². The minimum absolute atomic E-state index is 0.320. The van der Waals surface area contributed by atoms with Gasteiger partial charge in [-0.15, -0.1) is 0 Å². The van der Waals surface area contributed by atoms with Crippen LogP contribution < -0.4 is 5.32 Å². The summed E-state index contributed by atoms with van der Waals surface area (Å²) < 4.78 is 2.01. The Morgan fingerprint density at radius 3 is 2.47 bits per heavy atom. The summed E-state index contributed by atoms with van der Waals surface area (Å²) in [5, 5.41) is 7.89. The number of aryl methyl sites for hydroxylation is 2. The second-order valence-corrected chi connectivity index (χ2v) is 5.98. The van der Waals surface area contributed by atoms with Gasteiger partial charge in [0, 0.05) is 12.7 Å². The van der Waals surface area contributed by atoms with E-state index >= 15 is 0 Å². The van der Waals surface area contributed by atoms with E-state index in [0.717, 1.165) is 25.2 Å². The first kappa shape index (κ1) is 14.2. The van der Waals surface area contributed by atoms with Gasteiger partial charge < -0.3 is 5.32 Å². The Kier molecular flexibility index (Phi) is 4.75.